The largest absolute Gasteiger partial charge is 0.490 e. The monoisotopic (exact) mass is 319 g/mol. The number of hydrogen-bond acceptors (Lipinski definition) is 4. The summed E-state index contributed by atoms with van der Waals surface area (Å²) in [4.78, 5) is 23.1. The Bertz CT molecular complexity index is 528. The van der Waals surface area contributed by atoms with E-state index in [1.54, 1.807) is 0 Å². The number of ether oxygens (including phenoxy) is 1. The van der Waals surface area contributed by atoms with Crippen LogP contribution in [0.25, 0.3) is 0 Å². The van der Waals surface area contributed by atoms with Gasteiger partial charge in [0.1, 0.15) is 5.75 Å². The minimum atomic E-state index is -0.461. The van der Waals surface area contributed by atoms with Crippen molar-refractivity contribution in [1.82, 2.24) is 10.6 Å². The van der Waals surface area contributed by atoms with E-state index in [1.807, 2.05) is 31.2 Å². The van der Waals surface area contributed by atoms with Crippen LogP contribution in [0.2, 0.25) is 0 Å². The van der Waals surface area contributed by atoms with Crippen LogP contribution in [-0.4, -0.2) is 31.1 Å². The van der Waals surface area contributed by atoms with E-state index in [1.165, 1.54) is 12.8 Å². The van der Waals surface area contributed by atoms with E-state index in [4.69, 9.17) is 4.74 Å². The average molecular weight is 319 g/mol. The van der Waals surface area contributed by atoms with Gasteiger partial charge >= 0.3 is 6.03 Å². The maximum absolute atomic E-state index is 11.7. The molecule has 0 unspecified atom stereocenters. The zero-order chi connectivity index (χ0) is 16.5. The van der Waals surface area contributed by atoms with Gasteiger partial charge in [0.2, 0.25) is 5.91 Å². The fraction of sp³-hybridized carbons (Fsp3) is 0.529. The van der Waals surface area contributed by atoms with Crippen molar-refractivity contribution in [2.24, 2.45) is 0 Å². The van der Waals surface area contributed by atoms with Crippen molar-refractivity contribution in [1.29, 1.82) is 0 Å². The Labute approximate surface area is 137 Å². The summed E-state index contributed by atoms with van der Waals surface area (Å²) in [5.41, 5.74) is 0.796. The third-order valence-corrected chi connectivity index (χ3v) is 3.68. The van der Waals surface area contributed by atoms with E-state index in [-0.39, 0.29) is 12.5 Å². The first-order valence-electron chi connectivity index (χ1n) is 8.25. The van der Waals surface area contributed by atoms with Crippen molar-refractivity contribution in [2.45, 2.75) is 45.1 Å². The highest BCUT2D eigenvalue weighted by molar-refractivity contribution is 5.96. The van der Waals surface area contributed by atoms with Crippen molar-refractivity contribution in [2.75, 3.05) is 18.4 Å². The summed E-state index contributed by atoms with van der Waals surface area (Å²) >= 11 is 0. The van der Waals surface area contributed by atoms with Gasteiger partial charge in [0, 0.05) is 18.3 Å². The predicted octanol–water partition coefficient (Wildman–Crippen LogP) is 2.66. The molecule has 1 aromatic rings. The third-order valence-electron chi connectivity index (χ3n) is 3.68. The summed E-state index contributed by atoms with van der Waals surface area (Å²) in [6.07, 6.45) is 5.79. The van der Waals surface area contributed by atoms with Crippen molar-refractivity contribution in [3.05, 3.63) is 24.3 Å². The van der Waals surface area contributed by atoms with Crippen LogP contribution in [0.4, 0.5) is 10.5 Å². The molecule has 1 aliphatic carbocycles. The lowest BCUT2D eigenvalue weighted by atomic mass is 10.2. The Morgan fingerprint density at radius 1 is 1.26 bits per heavy atom. The fourth-order valence-corrected chi connectivity index (χ4v) is 2.51. The van der Waals surface area contributed by atoms with Gasteiger partial charge in [0.15, 0.2) is 0 Å². The number of benzene rings is 1. The Morgan fingerprint density at radius 2 is 2.04 bits per heavy atom. The van der Waals surface area contributed by atoms with Crippen LogP contribution in [0.1, 0.15) is 39.0 Å². The molecule has 3 amide bonds. The Balaban J connectivity index is 1.76. The van der Waals surface area contributed by atoms with E-state index < -0.39 is 6.03 Å². The normalized spacial score (nSPS) is 14.3. The molecule has 1 aromatic carbocycles. The zero-order valence-corrected chi connectivity index (χ0v) is 13.6. The van der Waals surface area contributed by atoms with E-state index >= 15 is 0 Å². The predicted molar refractivity (Wildman–Crippen MR) is 89.6 cm³/mol. The fourth-order valence-electron chi connectivity index (χ4n) is 2.51. The number of hydrogen-bond donors (Lipinski definition) is 3. The summed E-state index contributed by atoms with van der Waals surface area (Å²) < 4.78 is 5.93. The van der Waals surface area contributed by atoms with E-state index in [0.717, 1.165) is 30.7 Å². The number of imide groups is 1. The molecular formula is C17H25N3O3. The van der Waals surface area contributed by atoms with Crippen LogP contribution in [-0.2, 0) is 4.79 Å². The highest BCUT2D eigenvalue weighted by Crippen LogP contribution is 2.25. The smallest absolute Gasteiger partial charge is 0.321 e. The molecule has 6 heteroatoms. The van der Waals surface area contributed by atoms with Crippen LogP contribution < -0.4 is 20.7 Å². The second-order valence-electron chi connectivity index (χ2n) is 5.71. The van der Waals surface area contributed by atoms with Gasteiger partial charge in [-0.15, -0.1) is 0 Å². The van der Waals surface area contributed by atoms with Crippen molar-refractivity contribution >= 4 is 17.6 Å². The van der Waals surface area contributed by atoms with Crippen molar-refractivity contribution in [3.8, 4) is 5.75 Å². The molecule has 0 spiro atoms. The summed E-state index contributed by atoms with van der Waals surface area (Å²) in [5, 5.41) is 7.87. The molecular weight excluding hydrogens is 294 g/mol. The Morgan fingerprint density at radius 3 is 2.78 bits per heavy atom. The van der Waals surface area contributed by atoms with Gasteiger partial charge in [-0.25, -0.2) is 4.79 Å². The van der Waals surface area contributed by atoms with Gasteiger partial charge < -0.3 is 15.4 Å². The van der Waals surface area contributed by atoms with Gasteiger partial charge in [-0.2, -0.15) is 0 Å². The van der Waals surface area contributed by atoms with Crippen LogP contribution in [0.5, 0.6) is 5.75 Å². The van der Waals surface area contributed by atoms with Gasteiger partial charge in [0.25, 0.3) is 0 Å². The molecule has 2 rings (SSSR count). The highest BCUT2D eigenvalue weighted by atomic mass is 16.5. The molecule has 23 heavy (non-hydrogen) atoms. The molecule has 1 saturated carbocycles. The summed E-state index contributed by atoms with van der Waals surface area (Å²) in [5.74, 6) is 0.434. The number of amides is 3. The average Bonchev–Trinajstić information content (AvgIpc) is 3.04. The quantitative estimate of drug-likeness (QED) is 0.722. The number of carbonyl (C=O) groups excluding carboxylic acids is 2. The lowest BCUT2D eigenvalue weighted by molar-refractivity contribution is -0.118. The number of rotatable bonds is 7. The van der Waals surface area contributed by atoms with Gasteiger partial charge in [0.05, 0.1) is 12.6 Å². The second kappa shape index (κ2) is 9.02. The zero-order valence-electron chi connectivity index (χ0n) is 13.6. The highest BCUT2D eigenvalue weighted by Gasteiger charge is 2.16. The number of anilines is 1. The topological polar surface area (TPSA) is 79.5 Å². The second-order valence-corrected chi connectivity index (χ2v) is 5.71. The molecule has 126 valence electrons. The lowest BCUT2D eigenvalue weighted by Gasteiger charge is -2.14. The molecule has 1 fully saturated rings. The minimum Gasteiger partial charge on any atom is -0.490 e. The molecule has 6 nitrogen and oxygen atoms in total. The van der Waals surface area contributed by atoms with Gasteiger partial charge in [-0.05, 0) is 44.2 Å². The lowest BCUT2D eigenvalue weighted by Crippen LogP contribution is -2.42. The molecule has 0 heterocycles. The van der Waals surface area contributed by atoms with Crippen LogP contribution in [0, 0.1) is 0 Å². The van der Waals surface area contributed by atoms with E-state index in [2.05, 4.69) is 16.0 Å². The molecule has 3 N–H and O–H groups in total. The molecule has 0 aromatic heterocycles. The van der Waals surface area contributed by atoms with Crippen LogP contribution >= 0.6 is 0 Å². The number of urea groups is 1. The van der Waals surface area contributed by atoms with E-state index in [0.29, 0.717) is 12.6 Å². The van der Waals surface area contributed by atoms with Gasteiger partial charge in [-0.1, -0.05) is 13.0 Å². The molecule has 1 aliphatic rings. The van der Waals surface area contributed by atoms with Crippen molar-refractivity contribution in [3.63, 3.8) is 0 Å². The first-order chi connectivity index (χ1) is 11.2. The molecule has 0 bridgehead atoms. The summed E-state index contributed by atoms with van der Waals surface area (Å²) in [7, 11) is 0. The number of nitrogens with one attached hydrogen (secondary N) is 3. The third kappa shape index (κ3) is 6.18. The maximum atomic E-state index is 11.7. The van der Waals surface area contributed by atoms with Crippen LogP contribution in [0.3, 0.4) is 0 Å². The molecule has 0 atom stereocenters. The SMILES string of the molecule is CCCNC(=O)NC(=O)CNc1cccc(OC2CCCC2)c1. The summed E-state index contributed by atoms with van der Waals surface area (Å²) in [6, 6.07) is 7.09. The molecule has 0 aliphatic heterocycles. The maximum Gasteiger partial charge on any atom is 0.321 e. The molecule has 0 saturated heterocycles. The minimum absolute atomic E-state index is 0.0342. The Hall–Kier alpha value is -2.24. The number of carbonyl (C=O) groups is 2. The standard InChI is InChI=1S/C17H25N3O3/c1-2-10-18-17(22)20-16(21)12-19-13-6-5-9-15(11-13)23-14-7-3-4-8-14/h5-6,9,11,14,19H,2-4,7-8,10,12H2,1H3,(H2,18,20,21,22). The molecule has 0 radical (unpaired) electrons. The first-order valence-corrected chi connectivity index (χ1v) is 8.25. The van der Waals surface area contributed by atoms with Gasteiger partial charge in [-0.3, -0.25) is 10.1 Å². The Kier molecular flexibility index (Phi) is 6.72. The summed E-state index contributed by atoms with van der Waals surface area (Å²) in [6.45, 7) is 2.53. The first kappa shape index (κ1) is 17.1. The van der Waals surface area contributed by atoms with Crippen molar-refractivity contribution < 1.29 is 14.3 Å². The van der Waals surface area contributed by atoms with E-state index in [9.17, 15) is 9.59 Å². The van der Waals surface area contributed by atoms with Crippen LogP contribution in [0.15, 0.2) is 24.3 Å².